The predicted octanol–water partition coefficient (Wildman–Crippen LogP) is 4.76. The van der Waals surface area contributed by atoms with Crippen molar-refractivity contribution in [1.29, 1.82) is 0 Å². The molecule has 0 saturated carbocycles. The van der Waals surface area contributed by atoms with Crippen LogP contribution in [-0.4, -0.2) is 23.0 Å². The van der Waals surface area contributed by atoms with E-state index in [4.69, 9.17) is 4.74 Å². The number of para-hydroxylation sites is 2. The van der Waals surface area contributed by atoms with E-state index in [9.17, 15) is 9.90 Å². The molecule has 0 amide bonds. The third-order valence-electron chi connectivity index (χ3n) is 4.81. The molecule has 4 aromatic rings. The molecule has 0 bridgehead atoms. The number of ether oxygens (including phenoxy) is 1. The monoisotopic (exact) mass is 384 g/mol. The fraction of sp³-hybridized carbons (Fsp3) is 0.0833. The third-order valence-corrected chi connectivity index (χ3v) is 4.81. The first kappa shape index (κ1) is 18.5. The summed E-state index contributed by atoms with van der Waals surface area (Å²) < 4.78 is 6.66. The van der Waals surface area contributed by atoms with E-state index < -0.39 is 0 Å². The molecule has 5 nitrogen and oxygen atoms in total. The molecule has 0 fully saturated rings. The van der Waals surface area contributed by atoms with Crippen molar-refractivity contribution >= 4 is 22.7 Å². The van der Waals surface area contributed by atoms with Crippen LogP contribution in [0.1, 0.15) is 11.1 Å². The SMILES string of the molecule is COc1ccccc1-n1c(O)c(C=Nc2ccc(C)cc2)c2ccccc2c1=O. The summed E-state index contributed by atoms with van der Waals surface area (Å²) in [7, 11) is 1.53. The lowest BCUT2D eigenvalue weighted by Crippen LogP contribution is -2.20. The lowest BCUT2D eigenvalue weighted by atomic mass is 10.1. The summed E-state index contributed by atoms with van der Waals surface area (Å²) in [5.74, 6) is 0.302. The minimum atomic E-state index is -0.324. The van der Waals surface area contributed by atoms with Gasteiger partial charge in [-0.05, 0) is 37.3 Å². The Labute approximate surface area is 168 Å². The average Bonchev–Trinajstić information content (AvgIpc) is 2.75. The minimum absolute atomic E-state index is 0.186. The van der Waals surface area contributed by atoms with Crippen molar-refractivity contribution in [2.75, 3.05) is 7.11 Å². The highest BCUT2D eigenvalue weighted by Crippen LogP contribution is 2.30. The first-order valence-corrected chi connectivity index (χ1v) is 9.21. The standard InChI is InChI=1S/C24H20N2O3/c1-16-11-13-17(14-12-16)25-15-20-18-7-3-4-8-19(18)23(27)26(24(20)28)21-9-5-6-10-22(21)29-2/h3-15,28H,1-2H3. The summed E-state index contributed by atoms with van der Waals surface area (Å²) in [6, 6.07) is 22.0. The first-order valence-electron chi connectivity index (χ1n) is 9.21. The summed E-state index contributed by atoms with van der Waals surface area (Å²) in [6.45, 7) is 2.01. The van der Waals surface area contributed by atoms with Gasteiger partial charge in [-0.1, -0.05) is 48.0 Å². The van der Waals surface area contributed by atoms with Gasteiger partial charge in [-0.3, -0.25) is 9.79 Å². The van der Waals surface area contributed by atoms with Crippen LogP contribution in [0.4, 0.5) is 5.69 Å². The van der Waals surface area contributed by atoms with Crippen LogP contribution in [0.3, 0.4) is 0 Å². The summed E-state index contributed by atoms with van der Waals surface area (Å²) in [5, 5.41) is 12.2. The van der Waals surface area contributed by atoms with E-state index in [2.05, 4.69) is 4.99 Å². The average molecular weight is 384 g/mol. The van der Waals surface area contributed by atoms with Gasteiger partial charge in [0.25, 0.3) is 5.56 Å². The zero-order chi connectivity index (χ0) is 20.4. The molecule has 0 spiro atoms. The quantitative estimate of drug-likeness (QED) is 0.516. The first-order chi connectivity index (χ1) is 14.1. The Balaban J connectivity index is 1.99. The van der Waals surface area contributed by atoms with Crippen LogP contribution < -0.4 is 10.3 Å². The summed E-state index contributed by atoms with van der Waals surface area (Å²) in [5.41, 5.74) is 2.51. The number of pyridine rings is 1. The third kappa shape index (κ3) is 3.38. The predicted molar refractivity (Wildman–Crippen MR) is 116 cm³/mol. The molecule has 1 N–H and O–H groups in total. The second kappa shape index (κ2) is 7.64. The Hall–Kier alpha value is -3.86. The summed E-state index contributed by atoms with van der Waals surface area (Å²) in [6.07, 6.45) is 1.59. The van der Waals surface area contributed by atoms with Crippen LogP contribution >= 0.6 is 0 Å². The number of benzene rings is 3. The molecule has 0 unspecified atom stereocenters. The summed E-state index contributed by atoms with van der Waals surface area (Å²) in [4.78, 5) is 17.7. The normalized spacial score (nSPS) is 11.2. The Kier molecular flexibility index (Phi) is 4.87. The molecule has 0 radical (unpaired) electrons. The van der Waals surface area contributed by atoms with Gasteiger partial charge in [-0.15, -0.1) is 0 Å². The lowest BCUT2D eigenvalue weighted by molar-refractivity contribution is 0.404. The topological polar surface area (TPSA) is 63.8 Å². The highest BCUT2D eigenvalue weighted by atomic mass is 16.5. The molecule has 0 aliphatic carbocycles. The number of aromatic hydroxyl groups is 1. The maximum Gasteiger partial charge on any atom is 0.265 e. The van der Waals surface area contributed by atoms with Crippen molar-refractivity contribution in [2.24, 2.45) is 4.99 Å². The molecule has 144 valence electrons. The zero-order valence-electron chi connectivity index (χ0n) is 16.2. The van der Waals surface area contributed by atoms with Gasteiger partial charge in [-0.25, -0.2) is 4.57 Å². The van der Waals surface area contributed by atoms with Crippen molar-refractivity contribution in [2.45, 2.75) is 6.92 Å². The highest BCUT2D eigenvalue weighted by molar-refractivity contribution is 6.02. The maximum atomic E-state index is 13.2. The van der Waals surface area contributed by atoms with Crippen molar-refractivity contribution in [1.82, 2.24) is 4.57 Å². The molecule has 29 heavy (non-hydrogen) atoms. The van der Waals surface area contributed by atoms with Crippen molar-refractivity contribution < 1.29 is 9.84 Å². The van der Waals surface area contributed by atoms with E-state index in [0.717, 1.165) is 11.3 Å². The van der Waals surface area contributed by atoms with E-state index in [1.807, 2.05) is 43.3 Å². The van der Waals surface area contributed by atoms with Gasteiger partial charge < -0.3 is 9.84 Å². The Morgan fingerprint density at radius 2 is 1.59 bits per heavy atom. The molecule has 0 saturated heterocycles. The van der Waals surface area contributed by atoms with E-state index in [0.29, 0.717) is 27.8 Å². The number of fused-ring (bicyclic) bond motifs is 1. The second-order valence-corrected chi connectivity index (χ2v) is 6.69. The van der Waals surface area contributed by atoms with Crippen LogP contribution in [0.2, 0.25) is 0 Å². The van der Waals surface area contributed by atoms with Crippen LogP contribution in [0.15, 0.2) is 82.6 Å². The second-order valence-electron chi connectivity index (χ2n) is 6.69. The summed E-state index contributed by atoms with van der Waals surface area (Å²) >= 11 is 0. The molecule has 5 heteroatoms. The van der Waals surface area contributed by atoms with Gasteiger partial charge in [0.1, 0.15) is 5.75 Å². The Morgan fingerprint density at radius 3 is 2.31 bits per heavy atom. The molecule has 1 heterocycles. The van der Waals surface area contributed by atoms with E-state index in [-0.39, 0.29) is 11.4 Å². The molecule has 3 aromatic carbocycles. The van der Waals surface area contributed by atoms with Crippen molar-refractivity contribution in [3.63, 3.8) is 0 Å². The van der Waals surface area contributed by atoms with Crippen LogP contribution in [0.5, 0.6) is 11.6 Å². The number of aryl methyl sites for hydroxylation is 1. The van der Waals surface area contributed by atoms with Crippen LogP contribution in [0.25, 0.3) is 16.5 Å². The van der Waals surface area contributed by atoms with E-state index >= 15 is 0 Å². The molecule has 4 rings (SSSR count). The molecule has 0 atom stereocenters. The smallest absolute Gasteiger partial charge is 0.265 e. The number of aromatic nitrogens is 1. The molecule has 1 aromatic heterocycles. The Morgan fingerprint density at radius 1 is 0.931 bits per heavy atom. The van der Waals surface area contributed by atoms with Gasteiger partial charge in [0.15, 0.2) is 0 Å². The fourth-order valence-corrected chi connectivity index (χ4v) is 3.30. The van der Waals surface area contributed by atoms with Crippen LogP contribution in [0, 0.1) is 6.92 Å². The molecule has 0 aliphatic rings. The maximum absolute atomic E-state index is 13.2. The van der Waals surface area contributed by atoms with E-state index in [1.165, 1.54) is 11.7 Å². The molecule has 0 aliphatic heterocycles. The van der Waals surface area contributed by atoms with Gasteiger partial charge in [0.05, 0.1) is 24.0 Å². The fourth-order valence-electron chi connectivity index (χ4n) is 3.30. The minimum Gasteiger partial charge on any atom is -0.495 e. The van der Waals surface area contributed by atoms with E-state index in [1.54, 1.807) is 42.6 Å². The number of methoxy groups -OCH3 is 1. The Bertz CT molecular complexity index is 1270. The van der Waals surface area contributed by atoms with Crippen molar-refractivity contribution in [3.8, 4) is 17.3 Å². The van der Waals surface area contributed by atoms with Gasteiger partial charge in [0, 0.05) is 17.0 Å². The largest absolute Gasteiger partial charge is 0.495 e. The van der Waals surface area contributed by atoms with Crippen LogP contribution in [-0.2, 0) is 0 Å². The number of hydrogen-bond acceptors (Lipinski definition) is 4. The number of nitrogens with zero attached hydrogens (tertiary/aromatic N) is 2. The number of rotatable bonds is 4. The van der Waals surface area contributed by atoms with Crippen molar-refractivity contribution in [3.05, 3.63) is 94.3 Å². The number of aliphatic imine (C=N–C) groups is 1. The molecular weight excluding hydrogens is 364 g/mol. The highest BCUT2D eigenvalue weighted by Gasteiger charge is 2.18. The van der Waals surface area contributed by atoms with Gasteiger partial charge >= 0.3 is 0 Å². The zero-order valence-corrected chi connectivity index (χ0v) is 16.2. The van der Waals surface area contributed by atoms with Gasteiger partial charge in [-0.2, -0.15) is 0 Å². The number of hydrogen-bond donors (Lipinski definition) is 1. The lowest BCUT2D eigenvalue weighted by Gasteiger charge is -2.16. The van der Waals surface area contributed by atoms with Gasteiger partial charge in [0.2, 0.25) is 5.88 Å². The molecular formula is C24H20N2O3.